The largest absolute Gasteiger partial charge is 0.351 e. The van der Waals surface area contributed by atoms with E-state index in [4.69, 9.17) is 0 Å². The maximum absolute atomic E-state index is 12.0. The van der Waals surface area contributed by atoms with Crippen molar-refractivity contribution in [3.8, 4) is 0 Å². The number of H-pyrrole nitrogens is 1. The van der Waals surface area contributed by atoms with Crippen molar-refractivity contribution in [2.24, 2.45) is 0 Å². The number of rotatable bonds is 6. The Kier molecular flexibility index (Phi) is 4.43. The van der Waals surface area contributed by atoms with E-state index in [1.807, 2.05) is 31.2 Å². The molecule has 3 rings (SSSR count). The number of aryl methyl sites for hydroxylation is 2. The molecular weight excluding hydrogens is 298 g/mol. The highest BCUT2D eigenvalue weighted by Crippen LogP contribution is 2.12. The lowest BCUT2D eigenvalue weighted by molar-refractivity contribution is 0.0956. The molecule has 2 aromatic heterocycles. The van der Waals surface area contributed by atoms with Gasteiger partial charge in [0, 0.05) is 13.0 Å². The lowest BCUT2D eigenvalue weighted by Gasteiger charge is -2.03. The minimum Gasteiger partial charge on any atom is -0.351 e. The second-order valence-corrected chi connectivity index (χ2v) is 5.72. The predicted molar refractivity (Wildman–Crippen MR) is 86.0 cm³/mol. The van der Waals surface area contributed by atoms with Crippen molar-refractivity contribution < 1.29 is 4.79 Å². The van der Waals surface area contributed by atoms with E-state index in [0.717, 1.165) is 53.3 Å². The summed E-state index contributed by atoms with van der Waals surface area (Å²) in [6.45, 7) is 2.58. The molecule has 3 aromatic rings. The van der Waals surface area contributed by atoms with E-state index < -0.39 is 0 Å². The number of carbonyl (C=O) groups is 1. The van der Waals surface area contributed by atoms with E-state index in [9.17, 15) is 4.79 Å². The Morgan fingerprint density at radius 3 is 3.05 bits per heavy atom. The van der Waals surface area contributed by atoms with Crippen LogP contribution in [-0.4, -0.2) is 32.0 Å². The zero-order valence-electron chi connectivity index (χ0n) is 12.3. The van der Waals surface area contributed by atoms with Crippen LogP contribution in [0.25, 0.3) is 11.0 Å². The van der Waals surface area contributed by atoms with E-state index >= 15 is 0 Å². The van der Waals surface area contributed by atoms with Crippen LogP contribution in [0.1, 0.15) is 34.5 Å². The van der Waals surface area contributed by atoms with Crippen LogP contribution in [0.15, 0.2) is 24.3 Å². The molecule has 0 aliphatic heterocycles. The number of hydrogen-bond acceptors (Lipinski definition) is 5. The fourth-order valence-corrected chi connectivity index (χ4v) is 2.94. The number of hydrogen-bond donors (Lipinski definition) is 2. The molecule has 22 heavy (non-hydrogen) atoms. The van der Waals surface area contributed by atoms with Gasteiger partial charge in [0.05, 0.1) is 16.7 Å². The lowest BCUT2D eigenvalue weighted by Crippen LogP contribution is -2.25. The fraction of sp³-hybridized carbons (Fsp3) is 0.333. The molecule has 0 aliphatic rings. The van der Waals surface area contributed by atoms with E-state index in [0.29, 0.717) is 11.4 Å². The minimum absolute atomic E-state index is 0.0866. The number of carbonyl (C=O) groups excluding carboxylic acids is 1. The Balaban J connectivity index is 1.50. The van der Waals surface area contributed by atoms with E-state index in [1.165, 1.54) is 0 Å². The summed E-state index contributed by atoms with van der Waals surface area (Å²) in [5.74, 6) is 0.862. The second kappa shape index (κ2) is 6.65. The van der Waals surface area contributed by atoms with Crippen LogP contribution in [0.4, 0.5) is 0 Å². The van der Waals surface area contributed by atoms with Gasteiger partial charge >= 0.3 is 0 Å². The van der Waals surface area contributed by atoms with Gasteiger partial charge in [-0.05, 0) is 36.5 Å². The van der Waals surface area contributed by atoms with Gasteiger partial charge in [0.2, 0.25) is 0 Å². The number of para-hydroxylation sites is 2. The summed E-state index contributed by atoms with van der Waals surface area (Å²) >= 11 is 1.15. The van der Waals surface area contributed by atoms with Crippen molar-refractivity contribution in [1.29, 1.82) is 0 Å². The third kappa shape index (κ3) is 3.14. The van der Waals surface area contributed by atoms with E-state index in [1.54, 1.807) is 0 Å². The third-order valence-electron chi connectivity index (χ3n) is 3.41. The van der Waals surface area contributed by atoms with Gasteiger partial charge in [-0.1, -0.05) is 23.5 Å². The molecule has 0 saturated heterocycles. The van der Waals surface area contributed by atoms with Gasteiger partial charge in [0.1, 0.15) is 10.7 Å². The van der Waals surface area contributed by atoms with Crippen molar-refractivity contribution in [3.05, 3.63) is 40.7 Å². The molecule has 6 nitrogen and oxygen atoms in total. The number of aromatic amines is 1. The van der Waals surface area contributed by atoms with Crippen LogP contribution in [0, 0.1) is 0 Å². The quantitative estimate of drug-likeness (QED) is 0.684. The molecule has 114 valence electrons. The number of nitrogens with one attached hydrogen (secondary N) is 2. The molecule has 0 radical (unpaired) electrons. The highest BCUT2D eigenvalue weighted by molar-refractivity contribution is 7.08. The molecule has 1 amide bonds. The van der Waals surface area contributed by atoms with Crippen molar-refractivity contribution >= 4 is 28.5 Å². The Morgan fingerprint density at radius 2 is 2.23 bits per heavy atom. The number of fused-ring (bicyclic) bond motifs is 1. The Hall–Kier alpha value is -2.28. The summed E-state index contributed by atoms with van der Waals surface area (Å²) in [7, 11) is 0. The molecule has 0 saturated carbocycles. The molecule has 0 atom stereocenters. The first-order valence-electron chi connectivity index (χ1n) is 7.31. The predicted octanol–water partition coefficient (Wildman–Crippen LogP) is 2.34. The first kappa shape index (κ1) is 14.6. The zero-order chi connectivity index (χ0) is 15.4. The highest BCUT2D eigenvalue weighted by atomic mass is 32.1. The molecule has 7 heteroatoms. The van der Waals surface area contributed by atoms with E-state index in [-0.39, 0.29) is 5.91 Å². The zero-order valence-corrected chi connectivity index (χ0v) is 13.1. The van der Waals surface area contributed by atoms with Crippen LogP contribution in [0.5, 0.6) is 0 Å². The third-order valence-corrected chi connectivity index (χ3v) is 4.18. The number of aromatic nitrogens is 4. The van der Waals surface area contributed by atoms with Crippen molar-refractivity contribution in [1.82, 2.24) is 24.9 Å². The first-order valence-corrected chi connectivity index (χ1v) is 8.08. The Labute approximate surface area is 132 Å². The van der Waals surface area contributed by atoms with Crippen molar-refractivity contribution in [2.45, 2.75) is 26.2 Å². The molecular formula is C15H17N5OS. The minimum atomic E-state index is -0.0866. The SMILES string of the molecule is CCc1nnsc1C(=O)NCCCc1nc2ccccc2[nH]1. The van der Waals surface area contributed by atoms with Gasteiger partial charge in [-0.25, -0.2) is 4.98 Å². The van der Waals surface area contributed by atoms with Gasteiger partial charge in [0.25, 0.3) is 5.91 Å². The number of amides is 1. The smallest absolute Gasteiger partial charge is 0.264 e. The van der Waals surface area contributed by atoms with Crippen LogP contribution in [0.3, 0.4) is 0 Å². The average molecular weight is 315 g/mol. The normalized spacial score (nSPS) is 11.0. The second-order valence-electron chi connectivity index (χ2n) is 4.96. The summed E-state index contributed by atoms with van der Waals surface area (Å²) in [4.78, 5) is 20.5. The van der Waals surface area contributed by atoms with Gasteiger partial charge in [0.15, 0.2) is 0 Å². The van der Waals surface area contributed by atoms with Gasteiger partial charge in [-0.15, -0.1) is 5.10 Å². The molecule has 0 fully saturated rings. The van der Waals surface area contributed by atoms with Crippen molar-refractivity contribution in [2.75, 3.05) is 6.54 Å². The summed E-state index contributed by atoms with van der Waals surface area (Å²) in [6.07, 6.45) is 2.36. The number of imidazole rings is 1. The average Bonchev–Trinajstić information content (AvgIpc) is 3.16. The van der Waals surface area contributed by atoms with Gasteiger partial charge in [-0.2, -0.15) is 0 Å². The summed E-state index contributed by atoms with van der Waals surface area (Å²) < 4.78 is 3.83. The molecule has 0 aliphatic carbocycles. The molecule has 2 N–H and O–H groups in total. The van der Waals surface area contributed by atoms with Gasteiger partial charge < -0.3 is 10.3 Å². The van der Waals surface area contributed by atoms with Crippen LogP contribution in [0.2, 0.25) is 0 Å². The van der Waals surface area contributed by atoms with Gasteiger partial charge in [-0.3, -0.25) is 4.79 Å². The Morgan fingerprint density at radius 1 is 1.36 bits per heavy atom. The Bertz CT molecular complexity index is 746. The van der Waals surface area contributed by atoms with Crippen molar-refractivity contribution in [3.63, 3.8) is 0 Å². The number of nitrogens with zero attached hydrogens (tertiary/aromatic N) is 3. The summed E-state index contributed by atoms with van der Waals surface area (Å²) in [6, 6.07) is 7.96. The maximum Gasteiger partial charge on any atom is 0.264 e. The molecule has 2 heterocycles. The molecule has 0 spiro atoms. The standard InChI is InChI=1S/C15H17N5OS/c1-2-10-14(22-20-19-10)15(21)16-9-5-8-13-17-11-6-3-4-7-12(11)18-13/h3-4,6-7H,2,5,8-9H2,1H3,(H,16,21)(H,17,18). The monoisotopic (exact) mass is 315 g/mol. The lowest BCUT2D eigenvalue weighted by atomic mass is 10.2. The number of benzene rings is 1. The summed E-state index contributed by atoms with van der Waals surface area (Å²) in [5.41, 5.74) is 2.79. The molecule has 1 aromatic carbocycles. The highest BCUT2D eigenvalue weighted by Gasteiger charge is 2.14. The maximum atomic E-state index is 12.0. The van der Waals surface area contributed by atoms with E-state index in [2.05, 4.69) is 24.9 Å². The van der Waals surface area contributed by atoms with Crippen LogP contribution in [-0.2, 0) is 12.8 Å². The van der Waals surface area contributed by atoms with Crippen LogP contribution >= 0.6 is 11.5 Å². The first-order chi connectivity index (χ1) is 10.8. The summed E-state index contributed by atoms with van der Waals surface area (Å²) in [5, 5.41) is 6.86. The molecule has 0 unspecified atom stereocenters. The topological polar surface area (TPSA) is 83.6 Å². The fourth-order valence-electron chi connectivity index (χ4n) is 2.27. The van der Waals surface area contributed by atoms with Crippen LogP contribution < -0.4 is 5.32 Å². The molecule has 0 bridgehead atoms.